The van der Waals surface area contributed by atoms with Gasteiger partial charge in [0.1, 0.15) is 5.56 Å². The minimum Gasteiger partial charge on any atom is -0.478 e. The first-order valence-corrected chi connectivity index (χ1v) is 7.59. The van der Waals surface area contributed by atoms with Gasteiger partial charge < -0.3 is 10.4 Å². The van der Waals surface area contributed by atoms with E-state index < -0.39 is 5.97 Å². The molecule has 0 bridgehead atoms. The lowest BCUT2D eigenvalue weighted by Crippen LogP contribution is -2.18. The SMILES string of the molecule is CSC1CCC(Nc2cccc(Cl)c2C(=O)O)C1. The van der Waals surface area contributed by atoms with E-state index in [1.54, 1.807) is 18.2 Å². The third kappa shape index (κ3) is 2.93. The predicted octanol–water partition coefficient (Wildman–Crippen LogP) is 3.73. The number of nitrogens with one attached hydrogen (secondary N) is 1. The summed E-state index contributed by atoms with van der Waals surface area (Å²) >= 11 is 7.82. The van der Waals surface area contributed by atoms with E-state index in [-0.39, 0.29) is 10.6 Å². The van der Waals surface area contributed by atoms with Crippen LogP contribution >= 0.6 is 23.4 Å². The molecule has 1 fully saturated rings. The van der Waals surface area contributed by atoms with Crippen molar-refractivity contribution in [3.63, 3.8) is 0 Å². The van der Waals surface area contributed by atoms with Crippen LogP contribution < -0.4 is 5.32 Å². The van der Waals surface area contributed by atoms with Crippen molar-refractivity contribution >= 4 is 35.0 Å². The molecule has 1 aliphatic rings. The summed E-state index contributed by atoms with van der Waals surface area (Å²) in [5, 5.41) is 13.5. The Morgan fingerprint density at radius 3 is 2.89 bits per heavy atom. The first-order chi connectivity index (χ1) is 8.61. The van der Waals surface area contributed by atoms with Gasteiger partial charge in [0.15, 0.2) is 0 Å². The number of hydrogen-bond acceptors (Lipinski definition) is 3. The summed E-state index contributed by atoms with van der Waals surface area (Å²) in [5.41, 5.74) is 0.800. The van der Waals surface area contributed by atoms with Gasteiger partial charge in [-0.05, 0) is 37.7 Å². The Hall–Kier alpha value is -0.870. The highest BCUT2D eigenvalue weighted by atomic mass is 35.5. The Morgan fingerprint density at radius 2 is 2.28 bits per heavy atom. The number of carboxylic acid groups (broad SMARTS) is 1. The van der Waals surface area contributed by atoms with Crippen LogP contribution in [0.25, 0.3) is 0 Å². The van der Waals surface area contributed by atoms with E-state index in [9.17, 15) is 9.90 Å². The number of carboxylic acids is 1. The number of rotatable bonds is 4. The van der Waals surface area contributed by atoms with Gasteiger partial charge in [-0.2, -0.15) is 11.8 Å². The number of thioether (sulfide) groups is 1. The molecule has 1 saturated carbocycles. The molecular weight excluding hydrogens is 270 g/mol. The van der Waals surface area contributed by atoms with Crippen LogP contribution in [-0.2, 0) is 0 Å². The van der Waals surface area contributed by atoms with Gasteiger partial charge in [-0.25, -0.2) is 4.79 Å². The predicted molar refractivity (Wildman–Crippen MR) is 77.0 cm³/mol. The Kier molecular flexibility index (Phi) is 4.40. The van der Waals surface area contributed by atoms with Crippen LogP contribution in [0.3, 0.4) is 0 Å². The van der Waals surface area contributed by atoms with E-state index in [2.05, 4.69) is 11.6 Å². The van der Waals surface area contributed by atoms with E-state index in [1.807, 2.05) is 11.8 Å². The maximum atomic E-state index is 11.2. The molecule has 0 saturated heterocycles. The second-order valence-electron chi connectivity index (χ2n) is 4.48. The molecule has 0 radical (unpaired) electrons. The Balaban J connectivity index is 2.15. The Morgan fingerprint density at radius 1 is 1.50 bits per heavy atom. The van der Waals surface area contributed by atoms with Crippen molar-refractivity contribution in [1.29, 1.82) is 0 Å². The van der Waals surface area contributed by atoms with E-state index in [4.69, 9.17) is 11.6 Å². The minimum absolute atomic E-state index is 0.173. The fourth-order valence-electron chi connectivity index (χ4n) is 2.37. The zero-order valence-electron chi connectivity index (χ0n) is 10.1. The molecule has 0 aliphatic heterocycles. The summed E-state index contributed by atoms with van der Waals surface area (Å²) in [6.45, 7) is 0. The number of hydrogen-bond donors (Lipinski definition) is 2. The van der Waals surface area contributed by atoms with Crippen molar-refractivity contribution in [3.8, 4) is 0 Å². The second-order valence-corrected chi connectivity index (χ2v) is 6.02. The lowest BCUT2D eigenvalue weighted by atomic mass is 10.1. The van der Waals surface area contributed by atoms with Gasteiger partial charge in [-0.3, -0.25) is 0 Å². The smallest absolute Gasteiger partial charge is 0.339 e. The second kappa shape index (κ2) is 5.85. The largest absolute Gasteiger partial charge is 0.478 e. The first kappa shape index (κ1) is 13.6. The molecular formula is C13H16ClNO2S. The van der Waals surface area contributed by atoms with Gasteiger partial charge in [0, 0.05) is 11.3 Å². The van der Waals surface area contributed by atoms with Crippen LogP contribution in [0.1, 0.15) is 29.6 Å². The molecule has 0 amide bonds. The van der Waals surface area contributed by atoms with Gasteiger partial charge in [0.2, 0.25) is 0 Å². The van der Waals surface area contributed by atoms with Gasteiger partial charge in [0.05, 0.1) is 10.7 Å². The molecule has 2 unspecified atom stereocenters. The summed E-state index contributed by atoms with van der Waals surface area (Å²) in [5.74, 6) is -0.984. The summed E-state index contributed by atoms with van der Waals surface area (Å²) < 4.78 is 0. The number of anilines is 1. The monoisotopic (exact) mass is 285 g/mol. The first-order valence-electron chi connectivity index (χ1n) is 5.93. The third-order valence-corrected chi connectivity index (χ3v) is 4.71. The highest BCUT2D eigenvalue weighted by Gasteiger charge is 2.25. The zero-order valence-corrected chi connectivity index (χ0v) is 11.7. The summed E-state index contributed by atoms with van der Waals surface area (Å²) in [6.07, 6.45) is 5.46. The zero-order chi connectivity index (χ0) is 13.1. The molecule has 0 spiro atoms. The van der Waals surface area contributed by atoms with Gasteiger partial charge in [0.25, 0.3) is 0 Å². The van der Waals surface area contributed by atoms with Crippen molar-refractivity contribution < 1.29 is 9.90 Å². The summed E-state index contributed by atoms with van der Waals surface area (Å²) in [6, 6.07) is 5.51. The molecule has 0 heterocycles. The molecule has 2 rings (SSSR count). The Labute approximate surface area is 116 Å². The van der Waals surface area contributed by atoms with Crippen LogP contribution in [0.2, 0.25) is 5.02 Å². The van der Waals surface area contributed by atoms with E-state index in [0.717, 1.165) is 12.8 Å². The van der Waals surface area contributed by atoms with Crippen LogP contribution in [0, 0.1) is 0 Å². The molecule has 2 N–H and O–H groups in total. The molecule has 98 valence electrons. The van der Waals surface area contributed by atoms with Crippen LogP contribution in [0.15, 0.2) is 18.2 Å². The molecule has 1 aromatic carbocycles. The van der Waals surface area contributed by atoms with Gasteiger partial charge in [-0.15, -0.1) is 0 Å². The molecule has 1 aromatic rings. The van der Waals surface area contributed by atoms with E-state index in [1.165, 1.54) is 6.42 Å². The van der Waals surface area contributed by atoms with E-state index in [0.29, 0.717) is 17.0 Å². The molecule has 18 heavy (non-hydrogen) atoms. The molecule has 2 atom stereocenters. The van der Waals surface area contributed by atoms with Crippen molar-refractivity contribution in [2.24, 2.45) is 0 Å². The standard InChI is InChI=1S/C13H16ClNO2S/c1-18-9-6-5-8(7-9)15-11-4-2-3-10(14)12(11)13(16)17/h2-4,8-9,15H,5-7H2,1H3,(H,16,17). The number of carbonyl (C=O) groups is 1. The lowest BCUT2D eigenvalue weighted by Gasteiger charge is -2.16. The number of halogens is 1. The van der Waals surface area contributed by atoms with Crippen molar-refractivity contribution in [2.45, 2.75) is 30.6 Å². The topological polar surface area (TPSA) is 49.3 Å². The van der Waals surface area contributed by atoms with Crippen LogP contribution in [0.5, 0.6) is 0 Å². The maximum Gasteiger partial charge on any atom is 0.339 e. The fraction of sp³-hybridized carbons (Fsp3) is 0.462. The van der Waals surface area contributed by atoms with Crippen LogP contribution in [0.4, 0.5) is 5.69 Å². The average molecular weight is 286 g/mol. The summed E-state index contributed by atoms with van der Waals surface area (Å²) in [7, 11) is 0. The molecule has 5 heteroatoms. The highest BCUT2D eigenvalue weighted by molar-refractivity contribution is 7.99. The summed E-state index contributed by atoms with van der Waals surface area (Å²) in [4.78, 5) is 11.2. The van der Waals surface area contributed by atoms with Crippen molar-refractivity contribution in [3.05, 3.63) is 28.8 Å². The minimum atomic E-state index is -0.984. The molecule has 0 aromatic heterocycles. The quantitative estimate of drug-likeness (QED) is 0.885. The third-order valence-electron chi connectivity index (χ3n) is 3.30. The van der Waals surface area contributed by atoms with Gasteiger partial charge in [-0.1, -0.05) is 17.7 Å². The van der Waals surface area contributed by atoms with Crippen molar-refractivity contribution in [1.82, 2.24) is 0 Å². The maximum absolute atomic E-state index is 11.2. The fourth-order valence-corrected chi connectivity index (χ4v) is 3.42. The van der Waals surface area contributed by atoms with Crippen LogP contribution in [-0.4, -0.2) is 28.6 Å². The van der Waals surface area contributed by atoms with Crippen molar-refractivity contribution in [2.75, 3.05) is 11.6 Å². The number of aromatic carboxylic acids is 1. The normalized spacial score (nSPS) is 23.0. The molecule has 1 aliphatic carbocycles. The number of benzene rings is 1. The van der Waals surface area contributed by atoms with Gasteiger partial charge >= 0.3 is 5.97 Å². The Bertz CT molecular complexity index is 453. The lowest BCUT2D eigenvalue weighted by molar-refractivity contribution is 0.0698. The highest BCUT2D eigenvalue weighted by Crippen LogP contribution is 2.32. The average Bonchev–Trinajstić information content (AvgIpc) is 2.76. The van der Waals surface area contributed by atoms with E-state index >= 15 is 0 Å². The molecule has 3 nitrogen and oxygen atoms in total.